The van der Waals surface area contributed by atoms with Gasteiger partial charge in [0.2, 0.25) is 0 Å². The van der Waals surface area contributed by atoms with Crippen LogP contribution in [0.2, 0.25) is 0 Å². The summed E-state index contributed by atoms with van der Waals surface area (Å²) in [4.78, 5) is 53.2. The molecular formula is C73H56IrN6O2-2. The van der Waals surface area contributed by atoms with Gasteiger partial charge >= 0.3 is 0 Å². The van der Waals surface area contributed by atoms with Crippen molar-refractivity contribution in [2.24, 2.45) is 10.8 Å². The number of ketones is 2. The van der Waals surface area contributed by atoms with Crippen LogP contribution in [0.5, 0.6) is 0 Å². The SMILES string of the molecule is CC(C)(C)C(=O)CC(=O)C(C)(C)C.[Ir].[c-]1ccccc1-c1nc2ccc3c(-c4ccccc4)nc(-c4ccccc4)c4ccc(n1)c2c34.[c-]1ccccc1-c1nc2ccc3c(-c4ccccc4)nc(-c4ccccc4)c4ccc(n1)c2c34. The van der Waals surface area contributed by atoms with Crippen molar-refractivity contribution in [1.82, 2.24) is 29.9 Å². The average Bonchev–Trinajstić information content (AvgIpc) is 1.67. The third-order valence-corrected chi connectivity index (χ3v) is 14.7. The fourth-order valence-corrected chi connectivity index (χ4v) is 10.3. The molecule has 0 N–H and O–H groups in total. The molecule has 0 fully saturated rings. The van der Waals surface area contributed by atoms with Crippen LogP contribution >= 0.6 is 0 Å². The first kappa shape index (κ1) is 54.7. The Bertz CT molecular complexity index is 4060. The van der Waals surface area contributed by atoms with Crippen LogP contribution in [0.1, 0.15) is 48.0 Å². The molecule has 0 saturated heterocycles. The van der Waals surface area contributed by atoms with Gasteiger partial charge in [-0.2, -0.15) is 0 Å². The van der Waals surface area contributed by atoms with Crippen LogP contribution in [0.3, 0.4) is 0 Å². The van der Waals surface area contributed by atoms with Crippen molar-refractivity contribution in [1.29, 1.82) is 0 Å². The third-order valence-electron chi connectivity index (χ3n) is 14.7. The van der Waals surface area contributed by atoms with Gasteiger partial charge in [-0.3, -0.25) is 29.5 Å². The summed E-state index contributed by atoms with van der Waals surface area (Å²) in [5, 5.41) is 8.92. The Morgan fingerprint density at radius 2 is 0.598 bits per heavy atom. The molecule has 0 amide bonds. The molecular weight excluding hydrogens is 1190 g/mol. The Morgan fingerprint density at radius 3 is 0.841 bits per heavy atom. The summed E-state index contributed by atoms with van der Waals surface area (Å²) in [7, 11) is 0. The van der Waals surface area contributed by atoms with Crippen LogP contribution < -0.4 is 0 Å². The summed E-state index contributed by atoms with van der Waals surface area (Å²) in [6.07, 6.45) is 0.0625. The number of hydrogen-bond donors (Lipinski definition) is 0. The number of benzene rings is 10. The maximum absolute atomic E-state index is 11.5. The van der Waals surface area contributed by atoms with Gasteiger partial charge in [-0.1, -0.05) is 187 Å². The summed E-state index contributed by atoms with van der Waals surface area (Å²) in [6.45, 7) is 11.0. The minimum Gasteiger partial charge on any atom is -0.299 e. The Hall–Kier alpha value is -9.27. The van der Waals surface area contributed by atoms with E-state index in [0.717, 1.165) is 121 Å². The fraction of sp³-hybridized carbons (Fsp3) is 0.123. The number of pyridine rings is 2. The van der Waals surface area contributed by atoms with Crippen LogP contribution in [0.4, 0.5) is 0 Å². The minimum absolute atomic E-state index is 0. The van der Waals surface area contributed by atoms with Gasteiger partial charge in [0.05, 0.1) is 62.9 Å². The molecule has 1 radical (unpaired) electrons. The maximum atomic E-state index is 11.5. The normalized spacial score (nSPS) is 11.6. The van der Waals surface area contributed by atoms with E-state index >= 15 is 0 Å². The predicted octanol–water partition coefficient (Wildman–Crippen LogP) is 17.7. The van der Waals surface area contributed by atoms with Gasteiger partial charge in [0.25, 0.3) is 0 Å². The van der Waals surface area contributed by atoms with Gasteiger partial charge in [-0.05, 0) is 24.3 Å². The van der Waals surface area contributed by atoms with Gasteiger partial charge in [0.1, 0.15) is 11.6 Å². The van der Waals surface area contributed by atoms with E-state index in [4.69, 9.17) is 29.9 Å². The number of hydrogen-bond acceptors (Lipinski definition) is 8. The second-order valence-electron chi connectivity index (χ2n) is 22.3. The van der Waals surface area contributed by atoms with E-state index in [2.05, 4.69) is 158 Å². The van der Waals surface area contributed by atoms with E-state index in [1.165, 1.54) is 0 Å². The number of carbonyl (C=O) groups is 2. The maximum Gasteiger partial charge on any atom is 0.145 e. The Balaban J connectivity index is 0.000000141. The average molecular weight is 1240 g/mol. The fourth-order valence-electron chi connectivity index (χ4n) is 10.3. The molecule has 0 aliphatic heterocycles. The van der Waals surface area contributed by atoms with E-state index in [-0.39, 0.29) is 38.1 Å². The van der Waals surface area contributed by atoms with Crippen molar-refractivity contribution in [3.8, 4) is 67.8 Å². The molecule has 0 aliphatic rings. The number of Topliss-reactive ketones (excluding diaryl/α,β-unsaturated/α-hetero) is 2. The van der Waals surface area contributed by atoms with Gasteiger partial charge in [0, 0.05) is 96.3 Å². The molecule has 10 aromatic carbocycles. The molecule has 0 bridgehead atoms. The molecule has 14 rings (SSSR count). The molecule has 4 heterocycles. The molecule has 0 atom stereocenters. The zero-order valence-corrected chi connectivity index (χ0v) is 48.7. The zero-order chi connectivity index (χ0) is 55.8. The van der Waals surface area contributed by atoms with E-state index in [1.54, 1.807) is 0 Å². The quantitative estimate of drug-likeness (QED) is 0.0840. The van der Waals surface area contributed by atoms with Crippen molar-refractivity contribution in [3.05, 3.63) is 231 Å². The second kappa shape index (κ2) is 22.7. The second-order valence-corrected chi connectivity index (χ2v) is 22.3. The van der Waals surface area contributed by atoms with Crippen molar-refractivity contribution < 1.29 is 29.7 Å². The first-order chi connectivity index (χ1) is 39.3. The number of carbonyl (C=O) groups excluding carboxylic acids is 2. The van der Waals surface area contributed by atoms with Crippen LogP contribution in [-0.2, 0) is 29.7 Å². The standard InChI is InChI=1S/2C31H18N3.C11H20O2.Ir/c2*1-4-10-20(11-5-1)29-23-16-18-25-28-26(33-31(32-25)22-14-8-3-9-15-22)19-17-24(27(23)28)30(34-29)21-12-6-2-7-13-21;1-10(2,3)8(12)7-9(13)11(4,5)6;/h2*1-14,16-19H;7H2,1-6H3;/q2*-1;;. The monoisotopic (exact) mass is 1240 g/mol. The van der Waals surface area contributed by atoms with E-state index in [1.807, 2.05) is 114 Å². The van der Waals surface area contributed by atoms with Crippen LogP contribution in [0, 0.1) is 23.0 Å². The smallest absolute Gasteiger partial charge is 0.145 e. The van der Waals surface area contributed by atoms with Crippen molar-refractivity contribution >= 4 is 76.7 Å². The van der Waals surface area contributed by atoms with E-state index in [0.29, 0.717) is 11.6 Å². The van der Waals surface area contributed by atoms with E-state index < -0.39 is 10.8 Å². The Kier molecular flexibility index (Phi) is 15.1. The molecule has 14 aromatic rings. The molecule has 0 spiro atoms. The molecule has 8 nitrogen and oxygen atoms in total. The molecule has 4 aromatic heterocycles. The molecule has 9 heteroatoms. The van der Waals surface area contributed by atoms with Crippen molar-refractivity contribution in [3.63, 3.8) is 0 Å². The molecule has 0 aliphatic carbocycles. The van der Waals surface area contributed by atoms with Crippen molar-refractivity contribution in [2.45, 2.75) is 48.0 Å². The summed E-state index contributed by atoms with van der Waals surface area (Å²) in [5.41, 5.74) is 13.0. The van der Waals surface area contributed by atoms with Gasteiger partial charge < -0.3 is 0 Å². The summed E-state index contributed by atoms with van der Waals surface area (Å²) >= 11 is 0. The molecule has 0 unspecified atom stereocenters. The van der Waals surface area contributed by atoms with Crippen LogP contribution in [0.15, 0.2) is 218 Å². The minimum atomic E-state index is -0.402. The first-order valence-electron chi connectivity index (χ1n) is 27.2. The zero-order valence-electron chi connectivity index (χ0n) is 46.3. The topological polar surface area (TPSA) is 111 Å². The summed E-state index contributed by atoms with van der Waals surface area (Å²) in [6, 6.07) is 80.7. The summed E-state index contributed by atoms with van der Waals surface area (Å²) < 4.78 is 0. The van der Waals surface area contributed by atoms with Gasteiger partial charge in [-0.15, -0.1) is 71.8 Å². The van der Waals surface area contributed by atoms with Gasteiger partial charge in [0.15, 0.2) is 0 Å². The first-order valence-corrected chi connectivity index (χ1v) is 27.2. The molecule has 0 saturated carbocycles. The van der Waals surface area contributed by atoms with E-state index in [9.17, 15) is 9.59 Å². The van der Waals surface area contributed by atoms with Crippen molar-refractivity contribution in [2.75, 3.05) is 0 Å². The Morgan fingerprint density at radius 1 is 0.329 bits per heavy atom. The molecule has 401 valence electrons. The summed E-state index contributed by atoms with van der Waals surface area (Å²) in [5.74, 6) is 1.42. The van der Waals surface area contributed by atoms with Gasteiger partial charge in [-0.25, -0.2) is 9.97 Å². The number of rotatable bonds is 8. The third kappa shape index (κ3) is 10.8. The number of aromatic nitrogens is 6. The van der Waals surface area contributed by atoms with Crippen LogP contribution in [0.25, 0.3) is 133 Å². The molecule has 82 heavy (non-hydrogen) atoms. The van der Waals surface area contributed by atoms with Crippen LogP contribution in [-0.4, -0.2) is 41.5 Å². The Labute approximate surface area is 490 Å². The number of nitrogens with zero attached hydrogens (tertiary/aromatic N) is 6. The predicted molar refractivity (Wildman–Crippen MR) is 331 cm³/mol. The largest absolute Gasteiger partial charge is 0.299 e.